The van der Waals surface area contributed by atoms with Gasteiger partial charge in [0.1, 0.15) is 0 Å². The first-order valence-corrected chi connectivity index (χ1v) is 10.2. The Kier molecular flexibility index (Phi) is 6.85. The first-order chi connectivity index (χ1) is 14.3. The zero-order valence-electron chi connectivity index (χ0n) is 18.0. The third-order valence-electron chi connectivity index (χ3n) is 5.24. The lowest BCUT2D eigenvalue weighted by Gasteiger charge is -2.20. The van der Waals surface area contributed by atoms with Gasteiger partial charge in [0.2, 0.25) is 11.8 Å². The van der Waals surface area contributed by atoms with Crippen LogP contribution >= 0.6 is 0 Å². The second kappa shape index (κ2) is 9.55. The quantitative estimate of drug-likeness (QED) is 0.621. The molecule has 156 valence electrons. The number of anilines is 1. The van der Waals surface area contributed by atoms with Crippen LogP contribution in [0.4, 0.5) is 5.69 Å². The molecule has 0 aliphatic rings. The summed E-state index contributed by atoms with van der Waals surface area (Å²) in [5.41, 5.74) is 3.96. The van der Waals surface area contributed by atoms with E-state index in [2.05, 4.69) is 28.8 Å². The van der Waals surface area contributed by atoms with Crippen LogP contribution in [0.25, 0.3) is 10.8 Å². The number of nitrogens with zero attached hydrogens (tertiary/aromatic N) is 1. The monoisotopic (exact) mass is 403 g/mol. The van der Waals surface area contributed by atoms with E-state index in [9.17, 15) is 9.59 Å². The first kappa shape index (κ1) is 21.5. The lowest BCUT2D eigenvalue weighted by atomic mass is 10.00. The van der Waals surface area contributed by atoms with Crippen LogP contribution in [-0.4, -0.2) is 36.9 Å². The number of aryl methyl sites for hydroxylation is 2. The van der Waals surface area contributed by atoms with Gasteiger partial charge in [-0.2, -0.15) is 0 Å². The van der Waals surface area contributed by atoms with Gasteiger partial charge >= 0.3 is 0 Å². The number of fused-ring (bicyclic) bond motifs is 1. The largest absolute Gasteiger partial charge is 0.348 e. The van der Waals surface area contributed by atoms with Crippen LogP contribution in [0.3, 0.4) is 0 Å². The third kappa shape index (κ3) is 5.24. The molecule has 0 aliphatic carbocycles. The Morgan fingerprint density at radius 2 is 1.47 bits per heavy atom. The normalized spacial score (nSPS) is 12.0. The summed E-state index contributed by atoms with van der Waals surface area (Å²) in [6, 6.07) is 20.0. The van der Waals surface area contributed by atoms with Crippen LogP contribution in [0.1, 0.15) is 29.7 Å². The zero-order valence-corrected chi connectivity index (χ0v) is 18.0. The highest BCUT2D eigenvalue weighted by Gasteiger charge is 2.16. The minimum absolute atomic E-state index is 0.113. The maximum absolute atomic E-state index is 12.5. The Hall–Kier alpha value is -3.18. The van der Waals surface area contributed by atoms with Gasteiger partial charge in [-0.05, 0) is 55.3 Å². The molecule has 5 nitrogen and oxygen atoms in total. The maximum Gasteiger partial charge on any atom is 0.238 e. The van der Waals surface area contributed by atoms with Gasteiger partial charge in [-0.25, -0.2) is 0 Å². The molecule has 0 unspecified atom stereocenters. The number of likely N-dealkylation sites (N-methyl/N-ethyl adjacent to an activating group) is 1. The van der Waals surface area contributed by atoms with Gasteiger partial charge in [-0.3, -0.25) is 14.5 Å². The molecule has 0 aromatic heterocycles. The first-order valence-electron chi connectivity index (χ1n) is 10.2. The number of benzene rings is 3. The number of carbonyl (C=O) groups is 2. The molecule has 0 radical (unpaired) electrons. The minimum atomic E-state index is -0.134. The van der Waals surface area contributed by atoms with E-state index in [1.807, 2.05) is 63.2 Å². The second-order valence-electron chi connectivity index (χ2n) is 7.84. The van der Waals surface area contributed by atoms with E-state index in [0.29, 0.717) is 0 Å². The molecule has 0 heterocycles. The minimum Gasteiger partial charge on any atom is -0.348 e. The van der Waals surface area contributed by atoms with Gasteiger partial charge in [-0.15, -0.1) is 0 Å². The average Bonchev–Trinajstić information content (AvgIpc) is 2.70. The molecular weight excluding hydrogens is 374 g/mol. The molecule has 3 aromatic rings. The molecule has 0 aliphatic heterocycles. The second-order valence-corrected chi connectivity index (χ2v) is 7.84. The van der Waals surface area contributed by atoms with Crippen molar-refractivity contribution in [2.24, 2.45) is 0 Å². The summed E-state index contributed by atoms with van der Waals surface area (Å²) in [7, 11) is 1.77. The molecule has 2 amide bonds. The lowest BCUT2D eigenvalue weighted by Crippen LogP contribution is -2.39. The number of rotatable bonds is 7. The predicted octanol–water partition coefficient (Wildman–Crippen LogP) is 4.20. The van der Waals surface area contributed by atoms with Crippen molar-refractivity contribution >= 4 is 28.3 Å². The van der Waals surface area contributed by atoms with Crippen LogP contribution in [0, 0.1) is 13.8 Å². The van der Waals surface area contributed by atoms with Crippen LogP contribution in [0.15, 0.2) is 60.7 Å². The Morgan fingerprint density at radius 1 is 0.867 bits per heavy atom. The molecule has 0 saturated carbocycles. The molecule has 3 aromatic carbocycles. The Bertz CT molecular complexity index is 1040. The van der Waals surface area contributed by atoms with E-state index in [0.717, 1.165) is 33.2 Å². The van der Waals surface area contributed by atoms with Crippen LogP contribution < -0.4 is 10.6 Å². The van der Waals surface area contributed by atoms with E-state index in [-0.39, 0.29) is 30.9 Å². The van der Waals surface area contributed by atoms with Crippen LogP contribution in [0.2, 0.25) is 0 Å². The Labute approximate surface area is 178 Å². The Balaban J connectivity index is 1.56. The molecule has 0 fully saturated rings. The summed E-state index contributed by atoms with van der Waals surface area (Å²) in [5.74, 6) is -0.248. The molecule has 3 rings (SSSR count). The van der Waals surface area contributed by atoms with E-state index < -0.39 is 0 Å². The fourth-order valence-electron chi connectivity index (χ4n) is 3.73. The van der Waals surface area contributed by atoms with E-state index in [1.165, 1.54) is 0 Å². The fourth-order valence-corrected chi connectivity index (χ4v) is 3.73. The molecule has 0 bridgehead atoms. The van der Waals surface area contributed by atoms with Gasteiger partial charge in [-0.1, -0.05) is 60.7 Å². The summed E-state index contributed by atoms with van der Waals surface area (Å²) in [5, 5.41) is 8.29. The van der Waals surface area contributed by atoms with Crippen molar-refractivity contribution in [2.45, 2.75) is 26.8 Å². The standard InChI is InChI=1S/C25H29N3O2/c1-17-9-7-10-18(2)25(17)27-24(30)16-28(4)15-23(29)26-19(3)21-14-8-12-20-11-5-6-13-22(20)21/h5-14,19H,15-16H2,1-4H3,(H,26,29)(H,27,30)/t19-/m1/s1. The number of amides is 2. The van der Waals surface area contributed by atoms with Gasteiger partial charge < -0.3 is 10.6 Å². The average molecular weight is 404 g/mol. The molecule has 5 heteroatoms. The van der Waals surface area contributed by atoms with Crippen molar-refractivity contribution in [1.82, 2.24) is 10.2 Å². The maximum atomic E-state index is 12.5. The number of nitrogens with one attached hydrogen (secondary N) is 2. The number of hydrogen-bond donors (Lipinski definition) is 2. The Morgan fingerprint density at radius 3 is 2.20 bits per heavy atom. The van der Waals surface area contributed by atoms with E-state index >= 15 is 0 Å². The van der Waals surface area contributed by atoms with Crippen molar-refractivity contribution in [3.05, 3.63) is 77.4 Å². The predicted molar refractivity (Wildman–Crippen MR) is 123 cm³/mol. The van der Waals surface area contributed by atoms with Gasteiger partial charge in [0.05, 0.1) is 19.1 Å². The summed E-state index contributed by atoms with van der Waals surface area (Å²) in [4.78, 5) is 26.7. The van der Waals surface area contributed by atoms with E-state index in [4.69, 9.17) is 0 Å². The summed E-state index contributed by atoms with van der Waals surface area (Å²) in [6.45, 7) is 6.20. The number of carbonyl (C=O) groups excluding carboxylic acids is 2. The lowest BCUT2D eigenvalue weighted by molar-refractivity contribution is -0.123. The van der Waals surface area contributed by atoms with Gasteiger partial charge in [0.15, 0.2) is 0 Å². The smallest absolute Gasteiger partial charge is 0.238 e. The zero-order chi connectivity index (χ0) is 21.7. The number of hydrogen-bond acceptors (Lipinski definition) is 3. The highest BCUT2D eigenvalue weighted by atomic mass is 16.2. The van der Waals surface area contributed by atoms with Crippen LogP contribution in [0.5, 0.6) is 0 Å². The molecule has 2 N–H and O–H groups in total. The van der Waals surface area contributed by atoms with Gasteiger partial charge in [0, 0.05) is 5.69 Å². The van der Waals surface area contributed by atoms with Crippen molar-refractivity contribution in [3.63, 3.8) is 0 Å². The molecular formula is C25H29N3O2. The fraction of sp³-hybridized carbons (Fsp3) is 0.280. The third-order valence-corrected chi connectivity index (χ3v) is 5.24. The molecule has 1 atom stereocenters. The molecule has 0 saturated heterocycles. The topological polar surface area (TPSA) is 61.4 Å². The SMILES string of the molecule is Cc1cccc(C)c1NC(=O)CN(C)CC(=O)N[C@H](C)c1cccc2ccccc12. The highest BCUT2D eigenvalue weighted by Crippen LogP contribution is 2.24. The van der Waals surface area contributed by atoms with Crippen molar-refractivity contribution in [3.8, 4) is 0 Å². The van der Waals surface area contributed by atoms with Crippen molar-refractivity contribution in [2.75, 3.05) is 25.5 Å². The van der Waals surface area contributed by atoms with Crippen molar-refractivity contribution < 1.29 is 9.59 Å². The molecule has 30 heavy (non-hydrogen) atoms. The summed E-state index contributed by atoms with van der Waals surface area (Å²) in [6.07, 6.45) is 0. The van der Waals surface area contributed by atoms with Crippen LogP contribution in [-0.2, 0) is 9.59 Å². The summed E-state index contributed by atoms with van der Waals surface area (Å²) >= 11 is 0. The van der Waals surface area contributed by atoms with Crippen molar-refractivity contribution in [1.29, 1.82) is 0 Å². The van der Waals surface area contributed by atoms with Gasteiger partial charge in [0.25, 0.3) is 0 Å². The number of para-hydroxylation sites is 1. The molecule has 0 spiro atoms. The van der Waals surface area contributed by atoms with E-state index in [1.54, 1.807) is 11.9 Å². The highest BCUT2D eigenvalue weighted by molar-refractivity contribution is 5.94. The summed E-state index contributed by atoms with van der Waals surface area (Å²) < 4.78 is 0.